The third-order valence-electron chi connectivity index (χ3n) is 2.06. The molecule has 1 heterocycles. The molecule has 16 heavy (non-hydrogen) atoms. The molecule has 1 amide bonds. The van der Waals surface area contributed by atoms with Crippen molar-refractivity contribution in [3.8, 4) is 10.6 Å². The summed E-state index contributed by atoms with van der Waals surface area (Å²) in [7, 11) is 0. The van der Waals surface area contributed by atoms with Crippen LogP contribution < -0.4 is 11.5 Å². The number of aromatic nitrogens is 1. The average molecular weight is 233 g/mol. The average Bonchev–Trinajstić information content (AvgIpc) is 2.66. The van der Waals surface area contributed by atoms with Crippen LogP contribution in [0.1, 0.15) is 5.69 Å². The Kier molecular flexibility index (Phi) is 2.87. The first-order valence-electron chi connectivity index (χ1n) is 4.74. The number of benzene rings is 1. The Morgan fingerprint density at radius 3 is 2.62 bits per heavy atom. The highest BCUT2D eigenvalue weighted by Gasteiger charge is 2.06. The Bertz CT molecular complexity index is 504. The maximum atomic E-state index is 10.7. The molecule has 0 radical (unpaired) electrons. The number of hydrogen-bond donors (Lipinski definition) is 2. The van der Waals surface area contributed by atoms with Gasteiger partial charge in [0.2, 0.25) is 5.91 Å². The fraction of sp³-hybridized carbons (Fsp3) is 0.0909. The molecular weight excluding hydrogens is 222 g/mol. The molecule has 0 aliphatic rings. The molecule has 1 aromatic carbocycles. The SMILES string of the molecule is NC(=O)Cc1csc(-c2ccc(N)cc2)n1. The zero-order valence-corrected chi connectivity index (χ0v) is 9.33. The number of nitrogen functional groups attached to an aromatic ring is 1. The van der Waals surface area contributed by atoms with Crippen LogP contribution in [0.4, 0.5) is 5.69 Å². The van der Waals surface area contributed by atoms with Crippen LogP contribution in [0.3, 0.4) is 0 Å². The monoisotopic (exact) mass is 233 g/mol. The van der Waals surface area contributed by atoms with E-state index in [9.17, 15) is 4.79 Å². The number of anilines is 1. The summed E-state index contributed by atoms with van der Waals surface area (Å²) in [5.74, 6) is -0.367. The molecule has 4 nitrogen and oxygen atoms in total. The molecule has 0 spiro atoms. The van der Waals surface area contributed by atoms with Gasteiger partial charge in [-0.25, -0.2) is 4.98 Å². The van der Waals surface area contributed by atoms with Crippen molar-refractivity contribution in [3.05, 3.63) is 35.3 Å². The topological polar surface area (TPSA) is 82.0 Å². The molecule has 1 aromatic heterocycles. The van der Waals surface area contributed by atoms with E-state index in [1.54, 1.807) is 0 Å². The van der Waals surface area contributed by atoms with Crippen molar-refractivity contribution >= 4 is 22.9 Å². The van der Waals surface area contributed by atoms with Gasteiger partial charge in [0.25, 0.3) is 0 Å². The van der Waals surface area contributed by atoms with Gasteiger partial charge in [-0.3, -0.25) is 4.79 Å². The van der Waals surface area contributed by atoms with E-state index >= 15 is 0 Å². The van der Waals surface area contributed by atoms with Crippen LogP contribution in [0.5, 0.6) is 0 Å². The summed E-state index contributed by atoms with van der Waals surface area (Å²) in [4.78, 5) is 15.1. The molecule has 0 saturated heterocycles. The van der Waals surface area contributed by atoms with Gasteiger partial charge in [0.05, 0.1) is 12.1 Å². The normalized spacial score (nSPS) is 10.2. The van der Waals surface area contributed by atoms with E-state index in [4.69, 9.17) is 11.5 Å². The summed E-state index contributed by atoms with van der Waals surface area (Å²) < 4.78 is 0. The maximum Gasteiger partial charge on any atom is 0.223 e. The summed E-state index contributed by atoms with van der Waals surface area (Å²) >= 11 is 1.49. The first kappa shape index (κ1) is 10.6. The summed E-state index contributed by atoms with van der Waals surface area (Å²) in [6, 6.07) is 7.46. The highest BCUT2D eigenvalue weighted by Crippen LogP contribution is 2.24. The van der Waals surface area contributed by atoms with Crippen LogP contribution in [0, 0.1) is 0 Å². The maximum absolute atomic E-state index is 10.7. The van der Waals surface area contributed by atoms with Crippen molar-refractivity contribution in [2.24, 2.45) is 5.73 Å². The van der Waals surface area contributed by atoms with Gasteiger partial charge in [-0.2, -0.15) is 0 Å². The van der Waals surface area contributed by atoms with Crippen LogP contribution in [0.25, 0.3) is 10.6 Å². The molecule has 0 saturated carbocycles. The molecule has 0 unspecified atom stereocenters. The van der Waals surface area contributed by atoms with Crippen molar-refractivity contribution < 1.29 is 4.79 Å². The van der Waals surface area contributed by atoms with E-state index < -0.39 is 0 Å². The summed E-state index contributed by atoms with van der Waals surface area (Å²) in [5, 5.41) is 2.72. The minimum Gasteiger partial charge on any atom is -0.399 e. The van der Waals surface area contributed by atoms with Gasteiger partial charge < -0.3 is 11.5 Å². The smallest absolute Gasteiger partial charge is 0.223 e. The van der Waals surface area contributed by atoms with Gasteiger partial charge in [0.1, 0.15) is 5.01 Å². The third-order valence-corrected chi connectivity index (χ3v) is 3.00. The van der Waals surface area contributed by atoms with Gasteiger partial charge in [-0.15, -0.1) is 11.3 Å². The number of nitrogens with zero attached hydrogens (tertiary/aromatic N) is 1. The van der Waals surface area contributed by atoms with Crippen LogP contribution in [-0.4, -0.2) is 10.9 Å². The lowest BCUT2D eigenvalue weighted by Crippen LogP contribution is -2.13. The summed E-state index contributed by atoms with van der Waals surface area (Å²) in [6.07, 6.45) is 0.186. The lowest BCUT2D eigenvalue weighted by Gasteiger charge is -1.96. The standard InChI is InChI=1S/C11H11N3OS/c12-8-3-1-7(2-4-8)11-14-9(6-16-11)5-10(13)15/h1-4,6H,5,12H2,(H2,13,15). The molecule has 5 heteroatoms. The predicted molar refractivity (Wildman–Crippen MR) is 64.9 cm³/mol. The zero-order chi connectivity index (χ0) is 11.5. The molecule has 2 rings (SSSR count). The quantitative estimate of drug-likeness (QED) is 0.786. The lowest BCUT2D eigenvalue weighted by molar-refractivity contribution is -0.117. The number of rotatable bonds is 3. The van der Waals surface area contributed by atoms with Gasteiger partial charge >= 0.3 is 0 Å². The summed E-state index contributed by atoms with van der Waals surface area (Å²) in [6.45, 7) is 0. The highest BCUT2D eigenvalue weighted by atomic mass is 32.1. The fourth-order valence-corrected chi connectivity index (χ4v) is 2.15. The lowest BCUT2D eigenvalue weighted by atomic mass is 10.2. The Hall–Kier alpha value is -1.88. The Balaban J connectivity index is 2.24. The third kappa shape index (κ3) is 2.38. The van der Waals surface area contributed by atoms with Gasteiger partial charge in [-0.1, -0.05) is 0 Å². The fourth-order valence-electron chi connectivity index (χ4n) is 1.32. The van der Waals surface area contributed by atoms with E-state index in [1.807, 2.05) is 29.6 Å². The predicted octanol–water partition coefficient (Wildman–Crippen LogP) is 1.42. The van der Waals surface area contributed by atoms with Crippen LogP contribution in [-0.2, 0) is 11.2 Å². The van der Waals surface area contributed by atoms with Crippen LogP contribution in [0.2, 0.25) is 0 Å². The Morgan fingerprint density at radius 2 is 2.00 bits per heavy atom. The molecule has 0 fully saturated rings. The zero-order valence-electron chi connectivity index (χ0n) is 8.51. The van der Waals surface area contributed by atoms with Crippen molar-refractivity contribution in [2.75, 3.05) is 5.73 Å². The van der Waals surface area contributed by atoms with Crippen molar-refractivity contribution in [1.29, 1.82) is 0 Å². The molecule has 82 valence electrons. The number of carbonyl (C=O) groups excluding carboxylic acids is 1. The highest BCUT2D eigenvalue weighted by molar-refractivity contribution is 7.13. The molecule has 0 aliphatic heterocycles. The van der Waals surface area contributed by atoms with E-state index in [-0.39, 0.29) is 12.3 Å². The van der Waals surface area contributed by atoms with Gasteiger partial charge in [0, 0.05) is 16.6 Å². The van der Waals surface area contributed by atoms with Crippen molar-refractivity contribution in [2.45, 2.75) is 6.42 Å². The van der Waals surface area contributed by atoms with Crippen molar-refractivity contribution in [3.63, 3.8) is 0 Å². The van der Waals surface area contributed by atoms with Crippen molar-refractivity contribution in [1.82, 2.24) is 4.98 Å². The molecule has 2 aromatic rings. The molecule has 0 aliphatic carbocycles. The molecule has 0 atom stereocenters. The van der Waals surface area contributed by atoms with Crippen LogP contribution in [0.15, 0.2) is 29.6 Å². The second-order valence-electron chi connectivity index (χ2n) is 3.41. The number of primary amides is 1. The largest absolute Gasteiger partial charge is 0.399 e. The number of amides is 1. The minimum atomic E-state index is -0.367. The Morgan fingerprint density at radius 1 is 1.31 bits per heavy atom. The Labute approximate surface area is 96.9 Å². The first-order valence-corrected chi connectivity index (χ1v) is 5.62. The molecular formula is C11H11N3OS. The number of carbonyl (C=O) groups is 1. The summed E-state index contributed by atoms with van der Waals surface area (Å²) in [5.41, 5.74) is 13.1. The van der Waals surface area contributed by atoms with E-state index in [2.05, 4.69) is 4.98 Å². The number of hydrogen-bond acceptors (Lipinski definition) is 4. The molecule has 4 N–H and O–H groups in total. The first-order chi connectivity index (χ1) is 7.65. The second-order valence-corrected chi connectivity index (χ2v) is 4.27. The molecule has 0 bridgehead atoms. The van der Waals surface area contributed by atoms with Crippen LogP contribution >= 0.6 is 11.3 Å². The van der Waals surface area contributed by atoms with E-state index in [0.29, 0.717) is 5.69 Å². The second kappa shape index (κ2) is 4.32. The minimum absolute atomic E-state index is 0.186. The van der Waals surface area contributed by atoms with E-state index in [0.717, 1.165) is 16.3 Å². The van der Waals surface area contributed by atoms with Gasteiger partial charge in [-0.05, 0) is 24.3 Å². The number of nitrogens with two attached hydrogens (primary N) is 2. The van der Waals surface area contributed by atoms with Gasteiger partial charge in [0.15, 0.2) is 0 Å². The van der Waals surface area contributed by atoms with E-state index in [1.165, 1.54) is 11.3 Å². The number of thiazole rings is 1.